The molecule has 1 aromatic heterocycles. The Kier molecular flexibility index (Phi) is 5.14. The Morgan fingerprint density at radius 1 is 1.38 bits per heavy atom. The summed E-state index contributed by atoms with van der Waals surface area (Å²) in [6.45, 7) is 3.85. The van der Waals surface area contributed by atoms with Gasteiger partial charge in [-0.1, -0.05) is 12.1 Å². The molecule has 0 aliphatic rings. The standard InChI is InChI=1S/C16H22N4O/c1-12(21)19-15-5-3-4-13(8-15)16-10-18-9-14(16)11-20(2)7-6-17/h3-5,8-10,18H,6-7,11,17H2,1-2H3,(H,19,21). The van der Waals surface area contributed by atoms with Gasteiger partial charge in [0.15, 0.2) is 0 Å². The van der Waals surface area contributed by atoms with Crippen LogP contribution in [0.2, 0.25) is 0 Å². The second-order valence-electron chi connectivity index (χ2n) is 5.18. The molecule has 112 valence electrons. The molecule has 1 heterocycles. The van der Waals surface area contributed by atoms with Gasteiger partial charge in [-0.3, -0.25) is 4.79 Å². The summed E-state index contributed by atoms with van der Waals surface area (Å²) in [5, 5.41) is 2.81. The minimum atomic E-state index is -0.0656. The van der Waals surface area contributed by atoms with Crippen LogP contribution in [0.5, 0.6) is 0 Å². The number of H-pyrrole nitrogens is 1. The zero-order valence-electron chi connectivity index (χ0n) is 12.5. The fraction of sp³-hybridized carbons (Fsp3) is 0.312. The maximum absolute atomic E-state index is 11.2. The second kappa shape index (κ2) is 7.06. The average molecular weight is 286 g/mol. The molecular formula is C16H22N4O. The van der Waals surface area contributed by atoms with Crippen LogP contribution in [0.25, 0.3) is 11.1 Å². The first kappa shape index (κ1) is 15.3. The Bertz CT molecular complexity index is 606. The van der Waals surface area contributed by atoms with Crippen molar-refractivity contribution in [2.24, 2.45) is 5.73 Å². The third-order valence-corrected chi connectivity index (χ3v) is 3.28. The van der Waals surface area contributed by atoms with Crippen molar-refractivity contribution in [1.82, 2.24) is 9.88 Å². The van der Waals surface area contributed by atoms with Crippen LogP contribution in [-0.2, 0) is 11.3 Å². The van der Waals surface area contributed by atoms with Crippen molar-refractivity contribution in [3.05, 3.63) is 42.2 Å². The summed E-state index contributed by atoms with van der Waals surface area (Å²) < 4.78 is 0. The second-order valence-corrected chi connectivity index (χ2v) is 5.18. The van der Waals surface area contributed by atoms with Crippen LogP contribution in [0.3, 0.4) is 0 Å². The van der Waals surface area contributed by atoms with E-state index in [1.54, 1.807) is 0 Å². The van der Waals surface area contributed by atoms with Crippen molar-refractivity contribution in [3.63, 3.8) is 0 Å². The Morgan fingerprint density at radius 3 is 2.90 bits per heavy atom. The molecule has 0 fully saturated rings. The maximum Gasteiger partial charge on any atom is 0.221 e. The van der Waals surface area contributed by atoms with E-state index in [2.05, 4.69) is 22.2 Å². The smallest absolute Gasteiger partial charge is 0.221 e. The average Bonchev–Trinajstić information content (AvgIpc) is 2.86. The van der Waals surface area contributed by atoms with Crippen molar-refractivity contribution >= 4 is 11.6 Å². The van der Waals surface area contributed by atoms with E-state index in [1.165, 1.54) is 12.5 Å². The number of aromatic nitrogens is 1. The molecule has 0 radical (unpaired) electrons. The highest BCUT2D eigenvalue weighted by molar-refractivity contribution is 5.89. The van der Waals surface area contributed by atoms with Gasteiger partial charge >= 0.3 is 0 Å². The molecule has 0 saturated heterocycles. The first-order valence-corrected chi connectivity index (χ1v) is 7.02. The zero-order valence-corrected chi connectivity index (χ0v) is 12.5. The van der Waals surface area contributed by atoms with Crippen molar-refractivity contribution in [1.29, 1.82) is 0 Å². The number of anilines is 1. The van der Waals surface area contributed by atoms with Crippen LogP contribution in [0.15, 0.2) is 36.7 Å². The number of rotatable bonds is 6. The van der Waals surface area contributed by atoms with Gasteiger partial charge in [-0.15, -0.1) is 0 Å². The van der Waals surface area contributed by atoms with Crippen molar-refractivity contribution < 1.29 is 4.79 Å². The molecule has 0 saturated carbocycles. The highest BCUT2D eigenvalue weighted by Gasteiger charge is 2.09. The highest BCUT2D eigenvalue weighted by Crippen LogP contribution is 2.26. The predicted octanol–water partition coefficient (Wildman–Crippen LogP) is 2.03. The molecule has 4 N–H and O–H groups in total. The van der Waals surface area contributed by atoms with Crippen LogP contribution in [-0.4, -0.2) is 35.9 Å². The first-order valence-electron chi connectivity index (χ1n) is 7.02. The molecule has 0 spiro atoms. The molecule has 0 unspecified atom stereocenters. The quantitative estimate of drug-likeness (QED) is 0.760. The molecule has 2 rings (SSSR count). The van der Waals surface area contributed by atoms with Gasteiger partial charge in [0.2, 0.25) is 5.91 Å². The van der Waals surface area contributed by atoms with Crippen LogP contribution in [0.1, 0.15) is 12.5 Å². The van der Waals surface area contributed by atoms with E-state index in [9.17, 15) is 4.79 Å². The lowest BCUT2D eigenvalue weighted by Crippen LogP contribution is -2.24. The van der Waals surface area contributed by atoms with Gasteiger partial charge in [0.05, 0.1) is 0 Å². The Balaban J connectivity index is 2.22. The van der Waals surface area contributed by atoms with E-state index >= 15 is 0 Å². The summed E-state index contributed by atoms with van der Waals surface area (Å²) in [6, 6.07) is 7.86. The number of amides is 1. The van der Waals surface area contributed by atoms with Crippen molar-refractivity contribution in [2.75, 3.05) is 25.5 Å². The van der Waals surface area contributed by atoms with Gasteiger partial charge < -0.3 is 20.9 Å². The number of aromatic amines is 1. The van der Waals surface area contributed by atoms with Crippen LogP contribution < -0.4 is 11.1 Å². The van der Waals surface area contributed by atoms with Gasteiger partial charge in [0.25, 0.3) is 0 Å². The fourth-order valence-corrected chi connectivity index (χ4v) is 2.35. The van der Waals surface area contributed by atoms with E-state index in [-0.39, 0.29) is 5.91 Å². The van der Waals surface area contributed by atoms with E-state index in [1.807, 2.05) is 36.7 Å². The van der Waals surface area contributed by atoms with Crippen molar-refractivity contribution in [3.8, 4) is 11.1 Å². The predicted molar refractivity (Wildman–Crippen MR) is 85.9 cm³/mol. The van der Waals surface area contributed by atoms with E-state index in [0.29, 0.717) is 6.54 Å². The third kappa shape index (κ3) is 4.18. The summed E-state index contributed by atoms with van der Waals surface area (Å²) >= 11 is 0. The number of benzene rings is 1. The Hall–Kier alpha value is -2.11. The number of carbonyl (C=O) groups is 1. The van der Waals surface area contributed by atoms with E-state index in [0.717, 1.165) is 29.9 Å². The molecule has 2 aromatic rings. The molecule has 0 aliphatic heterocycles. The number of nitrogens with two attached hydrogens (primary N) is 1. The van der Waals surface area contributed by atoms with Gasteiger partial charge in [-0.25, -0.2) is 0 Å². The summed E-state index contributed by atoms with van der Waals surface area (Å²) in [4.78, 5) is 16.5. The SMILES string of the molecule is CC(=O)Nc1cccc(-c2c[nH]cc2CN(C)CCN)c1. The number of carbonyl (C=O) groups excluding carboxylic acids is 1. The van der Waals surface area contributed by atoms with Crippen LogP contribution in [0.4, 0.5) is 5.69 Å². The molecule has 1 amide bonds. The third-order valence-electron chi connectivity index (χ3n) is 3.28. The topological polar surface area (TPSA) is 74.2 Å². The maximum atomic E-state index is 11.2. The molecule has 0 atom stereocenters. The molecule has 1 aromatic carbocycles. The lowest BCUT2D eigenvalue weighted by molar-refractivity contribution is -0.114. The van der Waals surface area contributed by atoms with Crippen LogP contribution >= 0.6 is 0 Å². The zero-order chi connectivity index (χ0) is 15.2. The molecule has 21 heavy (non-hydrogen) atoms. The van der Waals surface area contributed by atoms with Crippen LogP contribution in [0, 0.1) is 0 Å². The molecule has 0 aliphatic carbocycles. The monoisotopic (exact) mass is 286 g/mol. The summed E-state index contributed by atoms with van der Waals surface area (Å²) in [5.41, 5.74) is 9.83. The highest BCUT2D eigenvalue weighted by atomic mass is 16.1. The number of nitrogens with zero attached hydrogens (tertiary/aromatic N) is 1. The number of likely N-dealkylation sites (N-methyl/N-ethyl adjacent to an activating group) is 1. The van der Waals surface area contributed by atoms with Gasteiger partial charge in [0.1, 0.15) is 0 Å². The number of hydrogen-bond donors (Lipinski definition) is 3. The summed E-state index contributed by atoms with van der Waals surface area (Å²) in [5.74, 6) is -0.0656. The fourth-order valence-electron chi connectivity index (χ4n) is 2.35. The summed E-state index contributed by atoms with van der Waals surface area (Å²) in [7, 11) is 2.05. The molecule has 5 heteroatoms. The first-order chi connectivity index (χ1) is 10.1. The summed E-state index contributed by atoms with van der Waals surface area (Å²) in [6.07, 6.45) is 3.99. The van der Waals surface area contributed by atoms with Gasteiger partial charge in [-0.2, -0.15) is 0 Å². The number of hydrogen-bond acceptors (Lipinski definition) is 3. The van der Waals surface area contributed by atoms with E-state index < -0.39 is 0 Å². The van der Waals surface area contributed by atoms with Gasteiger partial charge in [0, 0.05) is 50.2 Å². The van der Waals surface area contributed by atoms with Gasteiger partial charge in [-0.05, 0) is 30.3 Å². The lowest BCUT2D eigenvalue weighted by Gasteiger charge is -2.16. The van der Waals surface area contributed by atoms with E-state index in [4.69, 9.17) is 5.73 Å². The normalized spacial score (nSPS) is 10.9. The largest absolute Gasteiger partial charge is 0.367 e. The minimum absolute atomic E-state index is 0.0656. The lowest BCUT2D eigenvalue weighted by atomic mass is 10.0. The Morgan fingerprint density at radius 2 is 2.19 bits per heavy atom. The molecule has 5 nitrogen and oxygen atoms in total. The number of nitrogens with one attached hydrogen (secondary N) is 2. The molecule has 0 bridgehead atoms. The van der Waals surface area contributed by atoms with Crippen molar-refractivity contribution in [2.45, 2.75) is 13.5 Å². The molecular weight excluding hydrogens is 264 g/mol. The Labute approximate surface area is 125 Å². The minimum Gasteiger partial charge on any atom is -0.367 e.